The Morgan fingerprint density at radius 3 is 2.14 bits per heavy atom. The van der Waals surface area contributed by atoms with Crippen LogP contribution in [0.1, 0.15) is 27.8 Å². The van der Waals surface area contributed by atoms with Crippen molar-refractivity contribution in [1.82, 2.24) is 0 Å². The fraction of sp³-hybridized carbons (Fsp3) is 0.368. The SMILES string of the molecule is Cc1ccc(C)c(CC(CCl)(CCl)c2ccccc2C)c1. The van der Waals surface area contributed by atoms with Gasteiger partial charge in [0.2, 0.25) is 0 Å². The lowest BCUT2D eigenvalue weighted by Gasteiger charge is -2.32. The molecule has 21 heavy (non-hydrogen) atoms. The van der Waals surface area contributed by atoms with Crippen molar-refractivity contribution in [2.45, 2.75) is 32.6 Å². The largest absolute Gasteiger partial charge is 0.126 e. The molecule has 0 N–H and O–H groups in total. The van der Waals surface area contributed by atoms with Crippen molar-refractivity contribution in [2.75, 3.05) is 11.8 Å². The summed E-state index contributed by atoms with van der Waals surface area (Å²) in [6, 6.07) is 15.0. The molecule has 0 unspecified atom stereocenters. The lowest BCUT2D eigenvalue weighted by atomic mass is 9.76. The fourth-order valence-electron chi connectivity index (χ4n) is 2.89. The first kappa shape index (κ1) is 16.4. The first-order chi connectivity index (χ1) is 10.0. The molecule has 2 heteroatoms. The van der Waals surface area contributed by atoms with E-state index in [9.17, 15) is 0 Å². The minimum absolute atomic E-state index is 0.215. The molecule has 0 radical (unpaired) electrons. The van der Waals surface area contributed by atoms with E-state index in [0.717, 1.165) is 6.42 Å². The van der Waals surface area contributed by atoms with Crippen molar-refractivity contribution in [2.24, 2.45) is 0 Å². The Hall–Kier alpha value is -0.980. The second-order valence-corrected chi connectivity index (χ2v) is 6.50. The van der Waals surface area contributed by atoms with Crippen LogP contribution in [0.2, 0.25) is 0 Å². The van der Waals surface area contributed by atoms with Gasteiger partial charge in [-0.2, -0.15) is 0 Å². The van der Waals surface area contributed by atoms with E-state index in [-0.39, 0.29) is 5.41 Å². The van der Waals surface area contributed by atoms with Crippen LogP contribution < -0.4 is 0 Å². The first-order valence-electron chi connectivity index (χ1n) is 7.26. The van der Waals surface area contributed by atoms with Crippen molar-refractivity contribution in [3.05, 3.63) is 70.3 Å². The highest BCUT2D eigenvalue weighted by Crippen LogP contribution is 2.34. The average molecular weight is 321 g/mol. The van der Waals surface area contributed by atoms with Crippen molar-refractivity contribution < 1.29 is 0 Å². The van der Waals surface area contributed by atoms with Gasteiger partial charge >= 0.3 is 0 Å². The molecule has 2 aromatic rings. The molecule has 0 spiro atoms. The predicted octanol–water partition coefficient (Wildman–Crippen LogP) is 5.57. The number of hydrogen-bond acceptors (Lipinski definition) is 0. The normalized spacial score (nSPS) is 11.7. The van der Waals surface area contributed by atoms with Crippen molar-refractivity contribution >= 4 is 23.2 Å². The van der Waals surface area contributed by atoms with Gasteiger partial charge in [-0.15, -0.1) is 23.2 Å². The monoisotopic (exact) mass is 320 g/mol. The van der Waals surface area contributed by atoms with Crippen LogP contribution in [-0.2, 0) is 11.8 Å². The molecule has 0 fully saturated rings. The van der Waals surface area contributed by atoms with Gasteiger partial charge in [-0.3, -0.25) is 0 Å². The van der Waals surface area contributed by atoms with Crippen LogP contribution >= 0.6 is 23.2 Å². The minimum Gasteiger partial charge on any atom is -0.126 e. The van der Waals surface area contributed by atoms with Gasteiger partial charge in [0.1, 0.15) is 0 Å². The number of halogens is 2. The van der Waals surface area contributed by atoms with Crippen molar-refractivity contribution in [3.8, 4) is 0 Å². The van der Waals surface area contributed by atoms with Crippen LogP contribution in [-0.4, -0.2) is 11.8 Å². The van der Waals surface area contributed by atoms with E-state index in [1.807, 2.05) is 0 Å². The summed E-state index contributed by atoms with van der Waals surface area (Å²) < 4.78 is 0. The fourth-order valence-corrected chi connectivity index (χ4v) is 3.66. The summed E-state index contributed by atoms with van der Waals surface area (Å²) in [5.41, 5.74) is 6.21. The van der Waals surface area contributed by atoms with E-state index < -0.39 is 0 Å². The Morgan fingerprint density at radius 1 is 0.857 bits per heavy atom. The zero-order valence-electron chi connectivity index (χ0n) is 12.9. The van der Waals surface area contributed by atoms with Crippen LogP contribution in [0.4, 0.5) is 0 Å². The summed E-state index contributed by atoms with van der Waals surface area (Å²) >= 11 is 12.8. The number of benzene rings is 2. The molecular weight excluding hydrogens is 299 g/mol. The Bertz CT molecular complexity index is 613. The molecule has 0 amide bonds. The highest BCUT2D eigenvalue weighted by atomic mass is 35.5. The van der Waals surface area contributed by atoms with E-state index in [0.29, 0.717) is 11.8 Å². The number of hydrogen-bond donors (Lipinski definition) is 0. The van der Waals surface area contributed by atoms with Gasteiger partial charge in [-0.25, -0.2) is 0 Å². The molecule has 0 nitrogen and oxygen atoms in total. The van der Waals surface area contributed by atoms with Crippen molar-refractivity contribution in [3.63, 3.8) is 0 Å². The van der Waals surface area contributed by atoms with Gasteiger partial charge in [0, 0.05) is 17.2 Å². The number of aryl methyl sites for hydroxylation is 3. The quantitative estimate of drug-likeness (QED) is 0.632. The summed E-state index contributed by atoms with van der Waals surface area (Å²) in [6.45, 7) is 6.41. The Balaban J connectivity index is 2.48. The molecule has 112 valence electrons. The van der Waals surface area contributed by atoms with E-state index in [2.05, 4.69) is 63.2 Å². The number of alkyl halides is 2. The summed E-state index contributed by atoms with van der Waals surface area (Å²) in [6.07, 6.45) is 0.873. The van der Waals surface area contributed by atoms with Crippen LogP contribution in [0.3, 0.4) is 0 Å². The molecule has 2 aromatic carbocycles. The maximum Gasteiger partial charge on any atom is 0.0335 e. The van der Waals surface area contributed by atoms with Gasteiger partial charge in [0.15, 0.2) is 0 Å². The van der Waals surface area contributed by atoms with E-state index in [4.69, 9.17) is 23.2 Å². The second-order valence-electron chi connectivity index (χ2n) is 5.97. The molecule has 0 aliphatic rings. The van der Waals surface area contributed by atoms with Gasteiger partial charge < -0.3 is 0 Å². The highest BCUT2D eigenvalue weighted by Gasteiger charge is 2.32. The lowest BCUT2D eigenvalue weighted by molar-refractivity contribution is 0.531. The van der Waals surface area contributed by atoms with Crippen LogP contribution in [0, 0.1) is 20.8 Å². The zero-order valence-corrected chi connectivity index (χ0v) is 14.4. The van der Waals surface area contributed by atoms with Gasteiger partial charge in [-0.05, 0) is 49.4 Å². The van der Waals surface area contributed by atoms with Crippen LogP contribution in [0.15, 0.2) is 42.5 Å². The minimum atomic E-state index is -0.215. The maximum atomic E-state index is 6.39. The van der Waals surface area contributed by atoms with Gasteiger partial charge in [0.25, 0.3) is 0 Å². The Labute approximate surface area is 138 Å². The standard InChI is InChI=1S/C19H22Cl2/c1-14-8-9-15(2)17(10-14)11-19(12-20,13-21)18-7-5-4-6-16(18)3/h4-10H,11-13H2,1-3H3. The third kappa shape index (κ3) is 3.44. The molecular formula is C19H22Cl2. The van der Waals surface area contributed by atoms with E-state index >= 15 is 0 Å². The third-order valence-electron chi connectivity index (χ3n) is 4.26. The van der Waals surface area contributed by atoms with Crippen LogP contribution in [0.5, 0.6) is 0 Å². The molecule has 0 aliphatic heterocycles. The van der Waals surface area contributed by atoms with Crippen LogP contribution in [0.25, 0.3) is 0 Å². The predicted molar refractivity (Wildman–Crippen MR) is 93.9 cm³/mol. The lowest BCUT2D eigenvalue weighted by Crippen LogP contribution is -2.34. The van der Waals surface area contributed by atoms with Crippen molar-refractivity contribution in [1.29, 1.82) is 0 Å². The molecule has 0 saturated carbocycles. The van der Waals surface area contributed by atoms with E-state index in [1.54, 1.807) is 0 Å². The summed E-state index contributed by atoms with van der Waals surface area (Å²) in [5.74, 6) is 1.05. The Morgan fingerprint density at radius 2 is 1.52 bits per heavy atom. The summed E-state index contributed by atoms with van der Waals surface area (Å²) in [4.78, 5) is 0. The third-order valence-corrected chi connectivity index (χ3v) is 5.28. The molecule has 0 saturated heterocycles. The molecule has 2 rings (SSSR count). The molecule has 0 aromatic heterocycles. The topological polar surface area (TPSA) is 0 Å². The summed E-state index contributed by atoms with van der Waals surface area (Å²) in [7, 11) is 0. The number of rotatable bonds is 5. The first-order valence-corrected chi connectivity index (χ1v) is 8.33. The Kier molecular flexibility index (Phi) is 5.35. The zero-order chi connectivity index (χ0) is 15.5. The van der Waals surface area contributed by atoms with Gasteiger partial charge in [0.05, 0.1) is 0 Å². The smallest absolute Gasteiger partial charge is 0.0335 e. The average Bonchev–Trinajstić information content (AvgIpc) is 2.49. The summed E-state index contributed by atoms with van der Waals surface area (Å²) in [5, 5.41) is 0. The molecule has 0 aliphatic carbocycles. The maximum absolute atomic E-state index is 6.39. The highest BCUT2D eigenvalue weighted by molar-refractivity contribution is 6.22. The van der Waals surface area contributed by atoms with E-state index in [1.165, 1.54) is 27.8 Å². The molecule has 0 bridgehead atoms. The van der Waals surface area contributed by atoms with Gasteiger partial charge in [-0.1, -0.05) is 48.0 Å². The molecule has 0 atom stereocenters. The second kappa shape index (κ2) is 6.85. The molecule has 0 heterocycles.